The molecule has 0 N–H and O–H groups in total. The van der Waals surface area contributed by atoms with Crippen LogP contribution in [0.3, 0.4) is 0 Å². The first-order valence-electron chi connectivity index (χ1n) is 6.38. The highest BCUT2D eigenvalue weighted by atomic mass is 16.5. The van der Waals surface area contributed by atoms with Crippen LogP contribution < -0.4 is 14.2 Å². The highest BCUT2D eigenvalue weighted by Crippen LogP contribution is 2.38. The molecule has 1 aromatic carbocycles. The topological polar surface area (TPSA) is 36.9 Å². The van der Waals surface area contributed by atoms with Crippen LogP contribution in [0.4, 0.5) is 0 Å². The largest absolute Gasteiger partial charge is 0.493 e. The molecule has 0 amide bonds. The highest BCUT2D eigenvalue weighted by Gasteiger charge is 2.14. The molecular weight excluding hydrogens is 244 g/mol. The Labute approximate surface area is 113 Å². The van der Waals surface area contributed by atoms with Gasteiger partial charge in [0.25, 0.3) is 0 Å². The fourth-order valence-electron chi connectivity index (χ4n) is 2.17. The van der Waals surface area contributed by atoms with Crippen molar-refractivity contribution >= 4 is 6.08 Å². The molecule has 19 heavy (non-hydrogen) atoms. The Morgan fingerprint density at radius 2 is 1.79 bits per heavy atom. The van der Waals surface area contributed by atoms with Gasteiger partial charge < -0.3 is 18.9 Å². The Morgan fingerprint density at radius 1 is 1.11 bits per heavy atom. The van der Waals surface area contributed by atoms with Gasteiger partial charge in [0.05, 0.1) is 27.4 Å². The molecule has 1 aliphatic rings. The SMILES string of the molecule is COc1cc(/C=C/C2CCCO2)cc(OC)c1OC. The zero-order valence-electron chi connectivity index (χ0n) is 11.6. The van der Waals surface area contributed by atoms with Crippen LogP contribution >= 0.6 is 0 Å². The summed E-state index contributed by atoms with van der Waals surface area (Å²) in [5, 5.41) is 0. The Hall–Kier alpha value is -1.68. The summed E-state index contributed by atoms with van der Waals surface area (Å²) in [5.41, 5.74) is 1.00. The molecule has 0 radical (unpaired) electrons. The lowest BCUT2D eigenvalue weighted by Gasteiger charge is -2.13. The van der Waals surface area contributed by atoms with Gasteiger partial charge in [-0.3, -0.25) is 0 Å². The third-order valence-corrected chi connectivity index (χ3v) is 3.16. The van der Waals surface area contributed by atoms with Crippen molar-refractivity contribution in [2.24, 2.45) is 0 Å². The molecule has 1 aromatic rings. The fourth-order valence-corrected chi connectivity index (χ4v) is 2.17. The van der Waals surface area contributed by atoms with Gasteiger partial charge in [0.15, 0.2) is 11.5 Å². The monoisotopic (exact) mass is 264 g/mol. The van der Waals surface area contributed by atoms with E-state index in [1.807, 2.05) is 18.2 Å². The summed E-state index contributed by atoms with van der Waals surface area (Å²) in [4.78, 5) is 0. The van der Waals surface area contributed by atoms with E-state index in [9.17, 15) is 0 Å². The third-order valence-electron chi connectivity index (χ3n) is 3.16. The Balaban J connectivity index is 2.25. The predicted octanol–water partition coefficient (Wildman–Crippen LogP) is 2.90. The van der Waals surface area contributed by atoms with E-state index in [2.05, 4.69) is 6.08 Å². The lowest BCUT2D eigenvalue weighted by Crippen LogP contribution is -1.99. The molecule has 1 unspecified atom stereocenters. The molecule has 1 atom stereocenters. The van der Waals surface area contributed by atoms with E-state index < -0.39 is 0 Å². The van der Waals surface area contributed by atoms with E-state index in [0.717, 1.165) is 25.0 Å². The maximum absolute atomic E-state index is 5.56. The lowest BCUT2D eigenvalue weighted by atomic mass is 10.1. The molecular formula is C15H20O4. The van der Waals surface area contributed by atoms with Crippen LogP contribution in [0.2, 0.25) is 0 Å². The van der Waals surface area contributed by atoms with E-state index >= 15 is 0 Å². The molecule has 0 bridgehead atoms. The molecule has 0 aromatic heterocycles. The summed E-state index contributed by atoms with van der Waals surface area (Å²) in [6.07, 6.45) is 6.54. The van der Waals surface area contributed by atoms with Crippen molar-refractivity contribution in [2.75, 3.05) is 27.9 Å². The van der Waals surface area contributed by atoms with E-state index in [1.54, 1.807) is 21.3 Å². The summed E-state index contributed by atoms with van der Waals surface area (Å²) < 4.78 is 21.5. The van der Waals surface area contributed by atoms with Crippen LogP contribution in [0.15, 0.2) is 18.2 Å². The molecule has 1 saturated heterocycles. The van der Waals surface area contributed by atoms with Crippen molar-refractivity contribution in [3.63, 3.8) is 0 Å². The van der Waals surface area contributed by atoms with Gasteiger partial charge in [0, 0.05) is 6.61 Å². The Kier molecular flexibility index (Phi) is 4.68. The standard InChI is InChI=1S/C15H20O4/c1-16-13-9-11(6-7-12-5-4-8-19-12)10-14(17-2)15(13)18-3/h6-7,9-10,12H,4-5,8H2,1-3H3/b7-6+. The number of hydrogen-bond acceptors (Lipinski definition) is 4. The predicted molar refractivity (Wildman–Crippen MR) is 74.1 cm³/mol. The zero-order chi connectivity index (χ0) is 13.7. The second kappa shape index (κ2) is 6.48. The summed E-state index contributed by atoms with van der Waals surface area (Å²) in [6, 6.07) is 3.85. The minimum Gasteiger partial charge on any atom is -0.493 e. The molecule has 4 nitrogen and oxygen atoms in total. The van der Waals surface area contributed by atoms with Crippen molar-refractivity contribution < 1.29 is 18.9 Å². The maximum atomic E-state index is 5.56. The first-order chi connectivity index (χ1) is 9.28. The van der Waals surface area contributed by atoms with Gasteiger partial charge in [-0.25, -0.2) is 0 Å². The zero-order valence-corrected chi connectivity index (χ0v) is 11.6. The van der Waals surface area contributed by atoms with Crippen LogP contribution in [-0.2, 0) is 4.74 Å². The van der Waals surface area contributed by atoms with Crippen molar-refractivity contribution in [1.29, 1.82) is 0 Å². The summed E-state index contributed by atoms with van der Waals surface area (Å²) in [5.74, 6) is 1.93. The van der Waals surface area contributed by atoms with Gasteiger partial charge in [-0.15, -0.1) is 0 Å². The first kappa shape index (κ1) is 13.7. The molecule has 1 aliphatic heterocycles. The molecule has 0 aliphatic carbocycles. The highest BCUT2D eigenvalue weighted by molar-refractivity contribution is 5.62. The molecule has 4 heteroatoms. The lowest BCUT2D eigenvalue weighted by molar-refractivity contribution is 0.146. The van der Waals surface area contributed by atoms with E-state index in [0.29, 0.717) is 17.2 Å². The van der Waals surface area contributed by atoms with Crippen molar-refractivity contribution in [1.82, 2.24) is 0 Å². The quantitative estimate of drug-likeness (QED) is 0.819. The first-order valence-corrected chi connectivity index (χ1v) is 6.38. The number of hydrogen-bond donors (Lipinski definition) is 0. The van der Waals surface area contributed by atoms with Gasteiger partial charge in [0.1, 0.15) is 0 Å². The van der Waals surface area contributed by atoms with E-state index in [-0.39, 0.29) is 6.10 Å². The molecule has 1 fully saturated rings. The second-order valence-electron chi connectivity index (χ2n) is 4.37. The van der Waals surface area contributed by atoms with Crippen LogP contribution in [0.5, 0.6) is 17.2 Å². The van der Waals surface area contributed by atoms with Crippen molar-refractivity contribution in [2.45, 2.75) is 18.9 Å². The van der Waals surface area contributed by atoms with Gasteiger partial charge in [-0.05, 0) is 30.5 Å². The second-order valence-corrected chi connectivity index (χ2v) is 4.37. The maximum Gasteiger partial charge on any atom is 0.203 e. The van der Waals surface area contributed by atoms with Gasteiger partial charge in [0.2, 0.25) is 5.75 Å². The number of methoxy groups -OCH3 is 3. The minimum absolute atomic E-state index is 0.221. The number of rotatable bonds is 5. The van der Waals surface area contributed by atoms with Gasteiger partial charge in [-0.1, -0.05) is 12.2 Å². The summed E-state index contributed by atoms with van der Waals surface area (Å²) in [7, 11) is 4.83. The molecule has 104 valence electrons. The van der Waals surface area contributed by atoms with Crippen LogP contribution in [0.1, 0.15) is 18.4 Å². The Morgan fingerprint density at radius 3 is 2.26 bits per heavy atom. The minimum atomic E-state index is 0.221. The fraction of sp³-hybridized carbons (Fsp3) is 0.467. The van der Waals surface area contributed by atoms with Crippen molar-refractivity contribution in [3.05, 3.63) is 23.8 Å². The smallest absolute Gasteiger partial charge is 0.203 e. The molecule has 0 saturated carbocycles. The Bertz CT molecular complexity index is 422. The molecule has 2 rings (SSSR count). The van der Waals surface area contributed by atoms with E-state index in [4.69, 9.17) is 18.9 Å². The van der Waals surface area contributed by atoms with Crippen LogP contribution in [0.25, 0.3) is 6.08 Å². The number of benzene rings is 1. The molecule has 0 spiro atoms. The summed E-state index contributed by atoms with van der Waals surface area (Å²) >= 11 is 0. The van der Waals surface area contributed by atoms with Crippen LogP contribution in [0, 0.1) is 0 Å². The normalized spacial score (nSPS) is 18.8. The molecule has 1 heterocycles. The van der Waals surface area contributed by atoms with Crippen LogP contribution in [-0.4, -0.2) is 34.0 Å². The number of ether oxygens (including phenoxy) is 4. The van der Waals surface area contributed by atoms with E-state index in [1.165, 1.54) is 0 Å². The van der Waals surface area contributed by atoms with Gasteiger partial charge >= 0.3 is 0 Å². The average molecular weight is 264 g/mol. The average Bonchev–Trinajstić information content (AvgIpc) is 2.97. The van der Waals surface area contributed by atoms with Crippen molar-refractivity contribution in [3.8, 4) is 17.2 Å². The summed E-state index contributed by atoms with van der Waals surface area (Å²) in [6.45, 7) is 0.851. The van der Waals surface area contributed by atoms with Gasteiger partial charge in [-0.2, -0.15) is 0 Å². The third kappa shape index (κ3) is 3.20.